The van der Waals surface area contributed by atoms with E-state index in [4.69, 9.17) is 9.47 Å². The number of esters is 2. The van der Waals surface area contributed by atoms with Crippen molar-refractivity contribution in [2.45, 2.75) is 152 Å². The van der Waals surface area contributed by atoms with Crippen molar-refractivity contribution in [1.82, 2.24) is 4.90 Å². The Morgan fingerprint density at radius 1 is 0.768 bits per heavy atom. The van der Waals surface area contributed by atoms with Crippen LogP contribution < -0.4 is 0 Å². The van der Waals surface area contributed by atoms with E-state index in [1.807, 2.05) is 44.2 Å². The third kappa shape index (κ3) is 5.60. The van der Waals surface area contributed by atoms with E-state index >= 15 is 0 Å². The maximum atomic E-state index is 14.6. The van der Waals surface area contributed by atoms with Crippen LogP contribution in [-0.4, -0.2) is 47.7 Å². The molecular weight excluding hydrogens is 699 g/mol. The first-order valence-corrected chi connectivity index (χ1v) is 22.3. The lowest BCUT2D eigenvalue weighted by molar-refractivity contribution is -0.236. The van der Waals surface area contributed by atoms with Gasteiger partial charge in [0.15, 0.2) is 5.78 Å². The van der Waals surface area contributed by atoms with E-state index in [0.29, 0.717) is 24.7 Å². The Bertz CT molecular complexity index is 1800. The van der Waals surface area contributed by atoms with Crippen LogP contribution in [0.15, 0.2) is 41.5 Å². The molecule has 0 N–H and O–H groups in total. The number of ether oxygens (including phenoxy) is 2. The third-order valence-corrected chi connectivity index (χ3v) is 18.5. The number of hydrogen-bond donors (Lipinski definition) is 0. The molecule has 1 amide bonds. The average molecular weight is 768 g/mol. The van der Waals surface area contributed by atoms with E-state index in [-0.39, 0.29) is 81.7 Å². The molecule has 0 spiro atoms. The summed E-state index contributed by atoms with van der Waals surface area (Å²) in [6.45, 7) is 22.7. The Hall–Kier alpha value is -2.96. The van der Waals surface area contributed by atoms with Gasteiger partial charge in [0.25, 0.3) is 0 Å². The number of amides is 1. The van der Waals surface area contributed by atoms with Gasteiger partial charge in [0.05, 0.1) is 17.3 Å². The monoisotopic (exact) mass is 768 g/mol. The van der Waals surface area contributed by atoms with Crippen LogP contribution >= 0.6 is 0 Å². The van der Waals surface area contributed by atoms with Crippen LogP contribution in [0.4, 0.5) is 0 Å². The zero-order valence-electron chi connectivity index (χ0n) is 35.9. The molecule has 2 unspecified atom stereocenters. The molecule has 306 valence electrons. The molecule has 10 atom stereocenters. The van der Waals surface area contributed by atoms with Gasteiger partial charge in [-0.1, -0.05) is 92.6 Å². The number of fused-ring (bicyclic) bond motifs is 7. The molecule has 7 heteroatoms. The topological polar surface area (TPSA) is 90.0 Å². The summed E-state index contributed by atoms with van der Waals surface area (Å²) in [4.78, 5) is 57.8. The number of benzene rings is 1. The zero-order valence-corrected chi connectivity index (χ0v) is 35.9. The highest BCUT2D eigenvalue weighted by Crippen LogP contribution is 2.77. The van der Waals surface area contributed by atoms with Crippen LogP contribution in [0, 0.1) is 68.0 Å². The lowest BCUT2D eigenvalue weighted by atomic mass is 9.33. The highest BCUT2D eigenvalue weighted by Gasteiger charge is 2.71. The van der Waals surface area contributed by atoms with Crippen LogP contribution in [0.5, 0.6) is 0 Å². The molecular formula is C49H69NO6. The van der Waals surface area contributed by atoms with Gasteiger partial charge in [-0.15, -0.1) is 0 Å². The normalized spacial score (nSPS) is 40.9. The van der Waals surface area contributed by atoms with Gasteiger partial charge in [-0.3, -0.25) is 19.2 Å². The van der Waals surface area contributed by atoms with E-state index in [2.05, 4.69) is 53.4 Å². The van der Waals surface area contributed by atoms with Crippen molar-refractivity contribution >= 4 is 23.6 Å². The Kier molecular flexibility index (Phi) is 9.64. The third-order valence-electron chi connectivity index (χ3n) is 18.5. The minimum atomic E-state index is -0.642. The van der Waals surface area contributed by atoms with E-state index < -0.39 is 10.8 Å². The number of rotatable bonds is 7. The number of nitrogens with zero attached hydrogens (tertiary/aromatic N) is 1. The first kappa shape index (κ1) is 39.8. The molecule has 0 aromatic heterocycles. The first-order valence-electron chi connectivity index (χ1n) is 22.3. The minimum Gasteiger partial charge on any atom is -0.462 e. The molecule has 1 aromatic carbocycles. The van der Waals surface area contributed by atoms with E-state index in [0.717, 1.165) is 88.4 Å². The smallest absolute Gasteiger partial charge is 0.309 e. The lowest BCUT2D eigenvalue weighted by Crippen LogP contribution is -2.66. The molecule has 0 bridgehead atoms. The highest BCUT2D eigenvalue weighted by atomic mass is 16.5. The van der Waals surface area contributed by atoms with Gasteiger partial charge in [-0.2, -0.15) is 0 Å². The van der Waals surface area contributed by atoms with E-state index in [1.165, 1.54) is 5.57 Å². The number of likely N-dealkylation sites (tertiary alicyclic amines) is 1. The Morgan fingerprint density at radius 2 is 1.45 bits per heavy atom. The molecule has 7 nitrogen and oxygen atoms in total. The molecule has 7 aliphatic rings. The van der Waals surface area contributed by atoms with E-state index in [9.17, 15) is 19.2 Å². The lowest BCUT2D eigenvalue weighted by Gasteiger charge is -2.72. The van der Waals surface area contributed by atoms with E-state index in [1.54, 1.807) is 0 Å². The fourth-order valence-electron chi connectivity index (χ4n) is 15.1. The van der Waals surface area contributed by atoms with Crippen molar-refractivity contribution in [2.75, 3.05) is 13.1 Å². The summed E-state index contributed by atoms with van der Waals surface area (Å²) in [5, 5.41) is 0. The second-order valence-corrected chi connectivity index (χ2v) is 21.8. The van der Waals surface area contributed by atoms with Gasteiger partial charge in [0, 0.05) is 24.9 Å². The number of hydrogen-bond acceptors (Lipinski definition) is 6. The van der Waals surface area contributed by atoms with Gasteiger partial charge < -0.3 is 14.4 Å². The van der Waals surface area contributed by atoms with Crippen molar-refractivity contribution < 1.29 is 28.7 Å². The Morgan fingerprint density at radius 3 is 2.11 bits per heavy atom. The summed E-state index contributed by atoms with van der Waals surface area (Å²) in [6.07, 6.45) is 10.8. The molecule has 6 aliphatic carbocycles. The van der Waals surface area contributed by atoms with Crippen LogP contribution in [0.3, 0.4) is 0 Å². The zero-order chi connectivity index (χ0) is 40.2. The molecule has 5 saturated carbocycles. The van der Waals surface area contributed by atoms with Gasteiger partial charge in [0.2, 0.25) is 5.91 Å². The van der Waals surface area contributed by atoms with Crippen molar-refractivity contribution in [3.63, 3.8) is 0 Å². The quantitative estimate of drug-likeness (QED) is 0.257. The standard InChI is InChI=1S/C49H69NO6/c1-30(2)39-35(51)28-49(43(54)50-25-13-14-26-50)24-23-47(8)32(40(39)49)17-18-37-46(7)21-20-38(45(5,6)36(46)19-22-48(37,47)9)56-42(53)34-27-33(44(34,3)4)41(52)55-29-31-15-11-10-12-16-31/h10-12,15-16,30,32-34,36-38H,13-14,17-29H2,1-9H3/t32-,33+,34-,36?,37?,38+,46+,47-,48-,49-/m1/s1. The summed E-state index contributed by atoms with van der Waals surface area (Å²) in [5.74, 6) is 0.736. The van der Waals surface area contributed by atoms with Crippen LogP contribution in [0.1, 0.15) is 145 Å². The molecule has 56 heavy (non-hydrogen) atoms. The SMILES string of the molecule is CC(C)C1=C2[C@H]3CCC4[C@@]5(C)CC[C@H](OC(=O)[C@H]6C[C@@H](C(=O)OCc7ccccc7)C6(C)C)C(C)(C)C5CC[C@@]4(C)[C@]3(C)CC[C@@]2(C(=O)N2CCCC2)CC1=O. The fourth-order valence-corrected chi connectivity index (χ4v) is 15.1. The predicted molar refractivity (Wildman–Crippen MR) is 217 cm³/mol. The Labute approximate surface area is 336 Å². The van der Waals surface area contributed by atoms with Crippen LogP contribution in [0.25, 0.3) is 0 Å². The number of ketones is 1. The first-order chi connectivity index (χ1) is 26.3. The molecule has 1 aromatic rings. The van der Waals surface area contributed by atoms with Crippen molar-refractivity contribution in [3.8, 4) is 0 Å². The minimum absolute atomic E-state index is 0.000821. The number of Topliss-reactive ketones (excluding diaryl/α,β-unsaturated/α-hetero) is 1. The van der Waals surface area contributed by atoms with Crippen molar-refractivity contribution in [3.05, 3.63) is 47.0 Å². The van der Waals surface area contributed by atoms with Gasteiger partial charge >= 0.3 is 11.9 Å². The summed E-state index contributed by atoms with van der Waals surface area (Å²) < 4.78 is 12.3. The summed E-state index contributed by atoms with van der Waals surface area (Å²) in [7, 11) is 0. The summed E-state index contributed by atoms with van der Waals surface area (Å²) in [6, 6.07) is 9.72. The molecule has 0 radical (unpaired) electrons. The number of carbonyl (C=O) groups excluding carboxylic acids is 4. The maximum Gasteiger partial charge on any atom is 0.309 e. The van der Waals surface area contributed by atoms with Gasteiger partial charge in [0.1, 0.15) is 12.7 Å². The average Bonchev–Trinajstić information content (AvgIpc) is 3.79. The van der Waals surface area contributed by atoms with Crippen LogP contribution in [0.2, 0.25) is 0 Å². The van der Waals surface area contributed by atoms with Gasteiger partial charge in [-0.25, -0.2) is 0 Å². The largest absolute Gasteiger partial charge is 0.462 e. The Balaban J connectivity index is 0.991. The van der Waals surface area contributed by atoms with Crippen molar-refractivity contribution in [2.24, 2.45) is 68.0 Å². The maximum absolute atomic E-state index is 14.6. The second kappa shape index (κ2) is 13.5. The van der Waals surface area contributed by atoms with Crippen LogP contribution in [-0.2, 0) is 35.3 Å². The fraction of sp³-hybridized carbons (Fsp3) is 0.755. The number of carbonyl (C=O) groups is 4. The number of allylic oxidation sites excluding steroid dienone is 1. The summed E-state index contributed by atoms with van der Waals surface area (Å²) in [5.41, 5.74) is 2.02. The molecule has 1 aliphatic heterocycles. The molecule has 8 rings (SSSR count). The predicted octanol–water partition coefficient (Wildman–Crippen LogP) is 9.91. The molecule has 6 fully saturated rings. The van der Waals surface area contributed by atoms with Gasteiger partial charge in [-0.05, 0) is 133 Å². The summed E-state index contributed by atoms with van der Waals surface area (Å²) >= 11 is 0. The highest BCUT2D eigenvalue weighted by molar-refractivity contribution is 6.07. The molecule has 1 saturated heterocycles. The van der Waals surface area contributed by atoms with Crippen molar-refractivity contribution in [1.29, 1.82) is 0 Å². The second-order valence-electron chi connectivity index (χ2n) is 21.8. The molecule has 1 heterocycles.